The summed E-state index contributed by atoms with van der Waals surface area (Å²) in [6, 6.07) is 0. The normalized spacial score (nSPS) is 24.4. The summed E-state index contributed by atoms with van der Waals surface area (Å²) >= 11 is 0. The Kier molecular flexibility index (Phi) is 5.07. The lowest BCUT2D eigenvalue weighted by molar-refractivity contribution is -0.132. The minimum absolute atomic E-state index is 0.0203. The lowest BCUT2D eigenvalue weighted by Gasteiger charge is -2.28. The molecule has 0 aromatic heterocycles. The number of hydrogen-bond acceptors (Lipinski definition) is 2. The first-order chi connectivity index (χ1) is 9.47. The third-order valence-corrected chi connectivity index (χ3v) is 4.09. The molecule has 2 aliphatic rings. The number of alkyl halides is 3. The van der Waals surface area contributed by atoms with E-state index in [1.54, 1.807) is 0 Å². The molecule has 1 saturated heterocycles. The fourth-order valence-electron chi connectivity index (χ4n) is 2.81. The summed E-state index contributed by atoms with van der Waals surface area (Å²) in [6.07, 6.45) is 0.366. The first kappa shape index (κ1) is 15.4. The molecule has 0 saturated carbocycles. The van der Waals surface area contributed by atoms with E-state index in [0.717, 1.165) is 38.4 Å². The quantitative estimate of drug-likeness (QED) is 0.810. The average Bonchev–Trinajstić information content (AvgIpc) is 2.45. The second-order valence-corrected chi connectivity index (χ2v) is 5.57. The average molecular weight is 290 g/mol. The SMILES string of the molecule is O=C(CCC1CCCNC1)N1CC=C(C(F)(F)F)CC1. The van der Waals surface area contributed by atoms with Gasteiger partial charge in [0.25, 0.3) is 0 Å². The maximum Gasteiger partial charge on any atom is 0.412 e. The van der Waals surface area contributed by atoms with Crippen LogP contribution in [0.5, 0.6) is 0 Å². The lowest BCUT2D eigenvalue weighted by atomic mass is 9.94. The van der Waals surface area contributed by atoms with Gasteiger partial charge in [-0.05, 0) is 44.7 Å². The number of rotatable bonds is 3. The van der Waals surface area contributed by atoms with E-state index in [-0.39, 0.29) is 25.4 Å². The molecule has 2 aliphatic heterocycles. The Hall–Kier alpha value is -1.04. The van der Waals surface area contributed by atoms with Crippen LogP contribution in [0.15, 0.2) is 11.6 Å². The molecule has 2 heterocycles. The van der Waals surface area contributed by atoms with Crippen LogP contribution in [0.25, 0.3) is 0 Å². The molecule has 1 atom stereocenters. The number of carbonyl (C=O) groups is 1. The van der Waals surface area contributed by atoms with Gasteiger partial charge in [0.1, 0.15) is 0 Å². The van der Waals surface area contributed by atoms with Crippen molar-refractivity contribution in [1.29, 1.82) is 0 Å². The van der Waals surface area contributed by atoms with Crippen LogP contribution in [0.3, 0.4) is 0 Å². The topological polar surface area (TPSA) is 32.3 Å². The number of piperidine rings is 1. The van der Waals surface area contributed by atoms with Gasteiger partial charge in [-0.2, -0.15) is 13.2 Å². The van der Waals surface area contributed by atoms with Gasteiger partial charge in [0.15, 0.2) is 0 Å². The highest BCUT2D eigenvalue weighted by molar-refractivity contribution is 5.76. The number of nitrogens with one attached hydrogen (secondary N) is 1. The molecule has 0 aromatic rings. The fourth-order valence-corrected chi connectivity index (χ4v) is 2.81. The Morgan fingerprint density at radius 3 is 2.80 bits per heavy atom. The summed E-state index contributed by atoms with van der Waals surface area (Å²) < 4.78 is 37.4. The van der Waals surface area contributed by atoms with E-state index in [1.807, 2.05) is 0 Å². The van der Waals surface area contributed by atoms with Gasteiger partial charge in [0, 0.05) is 25.1 Å². The number of nitrogens with zero attached hydrogens (tertiary/aromatic N) is 1. The van der Waals surface area contributed by atoms with E-state index in [4.69, 9.17) is 0 Å². The zero-order chi connectivity index (χ0) is 14.6. The zero-order valence-electron chi connectivity index (χ0n) is 11.5. The molecule has 0 aromatic carbocycles. The Morgan fingerprint density at radius 2 is 2.25 bits per heavy atom. The van der Waals surface area contributed by atoms with E-state index >= 15 is 0 Å². The molecular formula is C14H21F3N2O. The molecule has 0 aliphatic carbocycles. The predicted molar refractivity (Wildman–Crippen MR) is 70.2 cm³/mol. The van der Waals surface area contributed by atoms with Crippen molar-refractivity contribution in [3.05, 3.63) is 11.6 Å². The van der Waals surface area contributed by atoms with Crippen molar-refractivity contribution < 1.29 is 18.0 Å². The summed E-state index contributed by atoms with van der Waals surface area (Å²) in [4.78, 5) is 13.5. The van der Waals surface area contributed by atoms with Crippen LogP contribution < -0.4 is 5.32 Å². The molecule has 0 radical (unpaired) electrons. The molecule has 1 N–H and O–H groups in total. The first-order valence-electron chi connectivity index (χ1n) is 7.21. The van der Waals surface area contributed by atoms with E-state index < -0.39 is 11.7 Å². The standard InChI is InChI=1S/C14H21F3N2O/c15-14(16,17)12-5-8-19(9-6-12)13(20)4-3-11-2-1-7-18-10-11/h5,11,18H,1-4,6-10H2. The van der Waals surface area contributed by atoms with Crippen LogP contribution in [-0.2, 0) is 4.79 Å². The van der Waals surface area contributed by atoms with Crippen molar-refractivity contribution in [2.45, 2.75) is 38.3 Å². The van der Waals surface area contributed by atoms with Crippen LogP contribution in [0.4, 0.5) is 13.2 Å². The van der Waals surface area contributed by atoms with Gasteiger partial charge in [-0.1, -0.05) is 6.08 Å². The third-order valence-electron chi connectivity index (χ3n) is 4.09. The second-order valence-electron chi connectivity index (χ2n) is 5.57. The number of amides is 1. The van der Waals surface area contributed by atoms with Crippen molar-refractivity contribution in [2.75, 3.05) is 26.2 Å². The van der Waals surface area contributed by atoms with Gasteiger partial charge in [-0.3, -0.25) is 4.79 Å². The van der Waals surface area contributed by atoms with Gasteiger partial charge >= 0.3 is 6.18 Å². The number of hydrogen-bond donors (Lipinski definition) is 1. The van der Waals surface area contributed by atoms with Gasteiger partial charge in [-0.25, -0.2) is 0 Å². The Morgan fingerprint density at radius 1 is 1.45 bits per heavy atom. The van der Waals surface area contributed by atoms with Crippen molar-refractivity contribution in [3.63, 3.8) is 0 Å². The van der Waals surface area contributed by atoms with Gasteiger partial charge in [0.2, 0.25) is 5.91 Å². The smallest absolute Gasteiger partial charge is 0.339 e. The monoisotopic (exact) mass is 290 g/mol. The van der Waals surface area contributed by atoms with Gasteiger partial charge < -0.3 is 10.2 Å². The molecule has 1 amide bonds. The maximum absolute atomic E-state index is 12.5. The molecule has 0 spiro atoms. The molecule has 2 rings (SSSR count). The van der Waals surface area contributed by atoms with Crippen LogP contribution in [0.2, 0.25) is 0 Å². The summed E-state index contributed by atoms with van der Waals surface area (Å²) in [6.45, 7) is 2.27. The van der Waals surface area contributed by atoms with Crippen molar-refractivity contribution in [2.24, 2.45) is 5.92 Å². The van der Waals surface area contributed by atoms with E-state index in [9.17, 15) is 18.0 Å². The van der Waals surface area contributed by atoms with Crippen molar-refractivity contribution in [1.82, 2.24) is 10.2 Å². The van der Waals surface area contributed by atoms with Gasteiger partial charge in [-0.15, -0.1) is 0 Å². The Balaban J connectivity index is 1.75. The largest absolute Gasteiger partial charge is 0.412 e. The third kappa shape index (κ3) is 4.23. The van der Waals surface area contributed by atoms with Crippen LogP contribution in [-0.4, -0.2) is 43.2 Å². The van der Waals surface area contributed by atoms with E-state index in [2.05, 4.69) is 5.32 Å². The highest BCUT2D eigenvalue weighted by Crippen LogP contribution is 2.30. The highest BCUT2D eigenvalue weighted by atomic mass is 19.4. The first-order valence-corrected chi connectivity index (χ1v) is 7.21. The fraction of sp³-hybridized carbons (Fsp3) is 0.786. The molecular weight excluding hydrogens is 269 g/mol. The lowest BCUT2D eigenvalue weighted by Crippen LogP contribution is -2.37. The number of carbonyl (C=O) groups excluding carboxylic acids is 1. The van der Waals surface area contributed by atoms with Crippen LogP contribution in [0, 0.1) is 5.92 Å². The molecule has 6 heteroatoms. The van der Waals surface area contributed by atoms with Crippen molar-refractivity contribution >= 4 is 5.91 Å². The van der Waals surface area contributed by atoms with Crippen LogP contribution in [0.1, 0.15) is 32.1 Å². The minimum Gasteiger partial charge on any atom is -0.339 e. The van der Waals surface area contributed by atoms with E-state index in [0.29, 0.717) is 12.3 Å². The second kappa shape index (κ2) is 6.61. The Labute approximate surface area is 117 Å². The summed E-state index contributed by atoms with van der Waals surface area (Å²) in [5, 5.41) is 3.30. The molecule has 0 bridgehead atoms. The number of halogens is 3. The highest BCUT2D eigenvalue weighted by Gasteiger charge is 2.35. The minimum atomic E-state index is -4.25. The van der Waals surface area contributed by atoms with Crippen LogP contribution >= 0.6 is 0 Å². The molecule has 1 unspecified atom stereocenters. The molecule has 1 fully saturated rings. The van der Waals surface area contributed by atoms with Gasteiger partial charge in [0.05, 0.1) is 0 Å². The molecule has 3 nitrogen and oxygen atoms in total. The Bertz CT molecular complexity index is 373. The molecule has 20 heavy (non-hydrogen) atoms. The molecule has 114 valence electrons. The zero-order valence-corrected chi connectivity index (χ0v) is 11.5. The van der Waals surface area contributed by atoms with E-state index in [1.165, 1.54) is 4.90 Å². The summed E-state index contributed by atoms with van der Waals surface area (Å²) in [7, 11) is 0. The summed E-state index contributed by atoms with van der Waals surface area (Å²) in [5.74, 6) is 0.506. The summed E-state index contributed by atoms with van der Waals surface area (Å²) in [5.41, 5.74) is -0.502. The van der Waals surface area contributed by atoms with Crippen molar-refractivity contribution in [3.8, 4) is 0 Å². The predicted octanol–water partition coefficient (Wildman–Crippen LogP) is 2.49. The maximum atomic E-state index is 12.5.